The first kappa shape index (κ1) is 14.0. The maximum absolute atomic E-state index is 10.7. The van der Waals surface area contributed by atoms with Crippen LogP contribution in [0, 0.1) is 0 Å². The normalized spacial score (nSPS) is 41.0. The first-order valence-corrected chi connectivity index (χ1v) is 6.33. The Labute approximate surface area is 91.6 Å². The molecule has 1 fully saturated rings. The van der Waals surface area contributed by atoms with E-state index in [9.17, 15) is 19.9 Å². The van der Waals surface area contributed by atoms with Crippen molar-refractivity contribution in [3.05, 3.63) is 0 Å². The Kier molecular flexibility index (Phi) is 4.44. The van der Waals surface area contributed by atoms with Crippen molar-refractivity contribution in [3.63, 3.8) is 0 Å². The van der Waals surface area contributed by atoms with Crippen molar-refractivity contribution in [1.29, 1.82) is 0 Å². The molecule has 1 saturated heterocycles. The Bertz CT molecular complexity index is 276. The van der Waals surface area contributed by atoms with Crippen molar-refractivity contribution in [2.45, 2.75) is 30.7 Å². The van der Waals surface area contributed by atoms with Crippen LogP contribution in [0.4, 0.5) is 0 Å². The molecule has 9 heteroatoms. The lowest BCUT2D eigenvalue weighted by atomic mass is 10.00. The molecule has 5 atom stereocenters. The molecule has 5 N–H and O–H groups in total. The highest BCUT2D eigenvalue weighted by molar-refractivity contribution is 7.51. The number of rotatable bonds is 3. The average Bonchev–Trinajstić information content (AvgIpc) is 2.17. The van der Waals surface area contributed by atoms with Crippen LogP contribution < -0.4 is 0 Å². The van der Waals surface area contributed by atoms with Gasteiger partial charge >= 0.3 is 7.60 Å². The third-order valence-corrected chi connectivity index (χ3v) is 3.15. The quantitative estimate of drug-likeness (QED) is 0.354. The molecule has 0 aromatic heterocycles. The molecule has 0 unspecified atom stereocenters. The van der Waals surface area contributed by atoms with Crippen molar-refractivity contribution in [2.75, 3.05) is 13.3 Å². The summed E-state index contributed by atoms with van der Waals surface area (Å²) in [5.74, 6) is 0. The standard InChI is InChI=1S/C7H15O8P/c1-14-7-6(10)5(9)4(8)3(15-7)2-16(11,12)13/h3-10H,2H2,1H3,(H2,11,12,13)/t3-,4+,5+,6-,7-/m1/s1. The van der Waals surface area contributed by atoms with E-state index in [-0.39, 0.29) is 0 Å². The van der Waals surface area contributed by atoms with Crippen molar-refractivity contribution in [2.24, 2.45) is 0 Å². The predicted molar refractivity (Wildman–Crippen MR) is 50.6 cm³/mol. The molecule has 1 aliphatic heterocycles. The maximum atomic E-state index is 10.7. The van der Waals surface area contributed by atoms with Gasteiger partial charge in [-0.15, -0.1) is 0 Å². The molecule has 0 spiro atoms. The van der Waals surface area contributed by atoms with Crippen LogP contribution in [-0.2, 0) is 14.0 Å². The van der Waals surface area contributed by atoms with Crippen LogP contribution in [0.15, 0.2) is 0 Å². The molecule has 0 aromatic carbocycles. The fraction of sp³-hybridized carbons (Fsp3) is 1.00. The second-order valence-corrected chi connectivity index (χ2v) is 5.29. The van der Waals surface area contributed by atoms with Gasteiger partial charge in [0.1, 0.15) is 24.4 Å². The van der Waals surface area contributed by atoms with Crippen LogP contribution in [0.3, 0.4) is 0 Å². The molecule has 0 aromatic rings. The topological polar surface area (TPSA) is 137 Å². The largest absolute Gasteiger partial charge is 0.388 e. The summed E-state index contributed by atoms with van der Waals surface area (Å²) in [6.07, 6.45) is -7.88. The lowest BCUT2D eigenvalue weighted by molar-refractivity contribution is -0.285. The summed E-state index contributed by atoms with van der Waals surface area (Å²) in [7, 11) is -3.19. The highest BCUT2D eigenvalue weighted by Crippen LogP contribution is 2.38. The number of aliphatic hydroxyl groups excluding tert-OH is 3. The van der Waals surface area contributed by atoms with Crippen LogP contribution in [0.25, 0.3) is 0 Å². The van der Waals surface area contributed by atoms with E-state index in [2.05, 4.69) is 4.74 Å². The van der Waals surface area contributed by atoms with Crippen LogP contribution in [-0.4, -0.2) is 69.1 Å². The molecule has 8 nitrogen and oxygen atoms in total. The van der Waals surface area contributed by atoms with Gasteiger partial charge in [-0.1, -0.05) is 0 Å². The summed E-state index contributed by atoms with van der Waals surface area (Å²) in [5.41, 5.74) is 0. The Morgan fingerprint density at radius 2 is 1.75 bits per heavy atom. The number of aliphatic hydroxyl groups is 3. The predicted octanol–water partition coefficient (Wildman–Crippen LogP) is -2.38. The van der Waals surface area contributed by atoms with E-state index in [0.29, 0.717) is 0 Å². The molecule has 16 heavy (non-hydrogen) atoms. The van der Waals surface area contributed by atoms with Crippen molar-refractivity contribution >= 4 is 7.60 Å². The Morgan fingerprint density at radius 1 is 1.19 bits per heavy atom. The summed E-state index contributed by atoms with van der Waals surface area (Å²) in [5, 5.41) is 28.2. The molecule has 1 aliphatic rings. The fourth-order valence-electron chi connectivity index (χ4n) is 1.50. The van der Waals surface area contributed by atoms with Gasteiger partial charge in [-0.3, -0.25) is 4.57 Å². The van der Waals surface area contributed by atoms with E-state index in [1.165, 1.54) is 7.11 Å². The third-order valence-electron chi connectivity index (χ3n) is 2.32. The molecular weight excluding hydrogens is 243 g/mol. The van der Waals surface area contributed by atoms with Gasteiger partial charge in [0, 0.05) is 7.11 Å². The summed E-state index contributed by atoms with van der Waals surface area (Å²) in [6.45, 7) is 0. The molecule has 0 amide bonds. The highest BCUT2D eigenvalue weighted by atomic mass is 31.2. The molecule has 0 radical (unpaired) electrons. The van der Waals surface area contributed by atoms with Gasteiger partial charge in [-0.05, 0) is 0 Å². The molecule has 1 rings (SSSR count). The maximum Gasteiger partial charge on any atom is 0.328 e. The lowest BCUT2D eigenvalue weighted by Crippen LogP contribution is -2.58. The van der Waals surface area contributed by atoms with Gasteiger partial charge in [0.05, 0.1) is 6.16 Å². The van der Waals surface area contributed by atoms with Crippen molar-refractivity contribution in [1.82, 2.24) is 0 Å². The van der Waals surface area contributed by atoms with E-state index in [1.54, 1.807) is 0 Å². The van der Waals surface area contributed by atoms with Crippen LogP contribution >= 0.6 is 7.60 Å². The zero-order valence-corrected chi connectivity index (χ0v) is 9.40. The van der Waals surface area contributed by atoms with Gasteiger partial charge in [-0.25, -0.2) is 0 Å². The Morgan fingerprint density at radius 3 is 2.19 bits per heavy atom. The zero-order chi connectivity index (χ0) is 12.5. The second kappa shape index (κ2) is 5.07. The SMILES string of the molecule is CO[C@@H]1O[C@H](CP(=O)(O)O)[C@H](O)[C@H](O)[C@H]1O. The monoisotopic (exact) mass is 258 g/mol. The van der Waals surface area contributed by atoms with Crippen molar-refractivity contribution < 1.29 is 39.1 Å². The lowest BCUT2D eigenvalue weighted by Gasteiger charge is -2.39. The van der Waals surface area contributed by atoms with E-state index >= 15 is 0 Å². The number of ether oxygens (including phenoxy) is 2. The summed E-state index contributed by atoms with van der Waals surface area (Å²) >= 11 is 0. The van der Waals surface area contributed by atoms with E-state index in [1.807, 2.05) is 0 Å². The fourth-order valence-corrected chi connectivity index (χ4v) is 2.27. The summed E-state index contributed by atoms with van der Waals surface area (Å²) in [6, 6.07) is 0. The van der Waals surface area contributed by atoms with Gasteiger partial charge in [0.25, 0.3) is 0 Å². The molecule has 96 valence electrons. The second-order valence-electron chi connectivity index (χ2n) is 3.60. The van der Waals surface area contributed by atoms with Gasteiger partial charge in [-0.2, -0.15) is 0 Å². The van der Waals surface area contributed by atoms with Crippen LogP contribution in [0.1, 0.15) is 0 Å². The third kappa shape index (κ3) is 3.22. The number of methoxy groups -OCH3 is 1. The minimum Gasteiger partial charge on any atom is -0.388 e. The first-order chi connectivity index (χ1) is 7.26. The molecule has 0 aliphatic carbocycles. The number of hydrogen-bond acceptors (Lipinski definition) is 6. The smallest absolute Gasteiger partial charge is 0.328 e. The van der Waals surface area contributed by atoms with Gasteiger partial charge < -0.3 is 34.6 Å². The van der Waals surface area contributed by atoms with Crippen LogP contribution in [0.2, 0.25) is 0 Å². The van der Waals surface area contributed by atoms with E-state index in [4.69, 9.17) is 14.5 Å². The number of hydrogen-bond donors (Lipinski definition) is 5. The summed E-state index contributed by atoms with van der Waals surface area (Å²) in [4.78, 5) is 17.5. The average molecular weight is 258 g/mol. The molecular formula is C7H15O8P. The molecule has 0 saturated carbocycles. The molecule has 1 heterocycles. The van der Waals surface area contributed by atoms with E-state index < -0.39 is 44.5 Å². The Hall–Kier alpha value is -0.0500. The minimum absolute atomic E-state index is 0.752. The summed E-state index contributed by atoms with van der Waals surface area (Å²) < 4.78 is 20.3. The van der Waals surface area contributed by atoms with Gasteiger partial charge in [0.15, 0.2) is 6.29 Å². The highest BCUT2D eigenvalue weighted by Gasteiger charge is 2.45. The first-order valence-electron chi connectivity index (χ1n) is 4.53. The van der Waals surface area contributed by atoms with Crippen molar-refractivity contribution in [3.8, 4) is 0 Å². The van der Waals surface area contributed by atoms with Crippen LogP contribution in [0.5, 0.6) is 0 Å². The minimum atomic E-state index is -4.39. The van der Waals surface area contributed by atoms with E-state index in [0.717, 1.165) is 0 Å². The Balaban J connectivity index is 2.75. The molecule has 0 bridgehead atoms. The zero-order valence-electron chi connectivity index (χ0n) is 8.50. The van der Waals surface area contributed by atoms with Gasteiger partial charge in [0.2, 0.25) is 0 Å².